The van der Waals surface area contributed by atoms with Gasteiger partial charge in [0.2, 0.25) is 0 Å². The highest BCUT2D eigenvalue weighted by Crippen LogP contribution is 2.31. The number of nitrogens with one attached hydrogen (secondary N) is 2. The number of halogens is 1. The summed E-state index contributed by atoms with van der Waals surface area (Å²) in [6.45, 7) is 2.53. The molecule has 11 heteroatoms. The van der Waals surface area contributed by atoms with Crippen LogP contribution in [0.25, 0.3) is 0 Å². The van der Waals surface area contributed by atoms with E-state index in [1.165, 1.54) is 19.2 Å². The van der Waals surface area contributed by atoms with E-state index in [1.54, 1.807) is 32.4 Å². The van der Waals surface area contributed by atoms with Crippen LogP contribution in [0.2, 0.25) is 5.02 Å². The summed E-state index contributed by atoms with van der Waals surface area (Å²) < 4.78 is 16.1. The number of methoxy groups -OCH3 is 3. The first kappa shape index (κ1) is 27.2. The summed E-state index contributed by atoms with van der Waals surface area (Å²) >= 11 is 6.08. The van der Waals surface area contributed by atoms with Crippen LogP contribution in [0.5, 0.6) is 17.2 Å². The number of nitrogens with two attached hydrogens (primary N) is 1. The van der Waals surface area contributed by atoms with E-state index >= 15 is 0 Å². The van der Waals surface area contributed by atoms with Gasteiger partial charge in [-0.3, -0.25) is 4.79 Å². The van der Waals surface area contributed by atoms with Crippen LogP contribution >= 0.6 is 11.6 Å². The van der Waals surface area contributed by atoms with Gasteiger partial charge in [-0.25, -0.2) is 4.79 Å². The number of hydrogen-bond acceptors (Lipinski definition) is 7. The van der Waals surface area contributed by atoms with Gasteiger partial charge >= 0.3 is 6.09 Å². The minimum Gasteiger partial charge on any atom is -0.497 e. The van der Waals surface area contributed by atoms with Gasteiger partial charge in [0.25, 0.3) is 5.91 Å². The van der Waals surface area contributed by atoms with Crippen LogP contribution in [0.1, 0.15) is 34.8 Å². The first-order chi connectivity index (χ1) is 17.2. The molecular formula is C25H33ClN4O6. The number of ether oxygens (including phenoxy) is 3. The van der Waals surface area contributed by atoms with Crippen molar-refractivity contribution in [3.63, 3.8) is 0 Å². The second-order valence-electron chi connectivity index (χ2n) is 8.64. The Labute approximate surface area is 215 Å². The number of hydrogen-bond donors (Lipinski definition) is 4. The van der Waals surface area contributed by atoms with Crippen molar-refractivity contribution in [2.45, 2.75) is 18.9 Å². The molecule has 0 bridgehead atoms. The number of nitrogen functional groups attached to an aromatic ring is 1. The van der Waals surface area contributed by atoms with Crippen molar-refractivity contribution >= 4 is 29.3 Å². The maximum absolute atomic E-state index is 12.7. The fraction of sp³-hybridized carbons (Fsp3) is 0.440. The van der Waals surface area contributed by atoms with E-state index in [0.717, 1.165) is 25.9 Å². The van der Waals surface area contributed by atoms with E-state index in [4.69, 9.17) is 31.5 Å². The molecule has 10 nitrogen and oxygen atoms in total. The molecule has 2 amide bonds. The first-order valence-corrected chi connectivity index (χ1v) is 12.0. The summed E-state index contributed by atoms with van der Waals surface area (Å²) in [5, 5.41) is 15.3. The van der Waals surface area contributed by atoms with Crippen molar-refractivity contribution in [3.8, 4) is 17.2 Å². The van der Waals surface area contributed by atoms with Crippen molar-refractivity contribution in [1.82, 2.24) is 15.5 Å². The van der Waals surface area contributed by atoms with E-state index in [1.807, 2.05) is 0 Å². The number of nitrogens with zero attached hydrogens (tertiary/aromatic N) is 1. The molecule has 1 atom stereocenters. The lowest BCUT2D eigenvalue weighted by Gasteiger charge is -2.34. The van der Waals surface area contributed by atoms with Gasteiger partial charge in [-0.15, -0.1) is 0 Å². The van der Waals surface area contributed by atoms with Gasteiger partial charge < -0.3 is 40.6 Å². The number of likely N-dealkylation sites (tertiary alicyclic amines) is 1. The van der Waals surface area contributed by atoms with Crippen LogP contribution in [0.15, 0.2) is 30.3 Å². The maximum Gasteiger partial charge on any atom is 0.405 e. The molecule has 3 rings (SSSR count). The highest BCUT2D eigenvalue weighted by molar-refractivity contribution is 6.33. The third-order valence-corrected chi connectivity index (χ3v) is 6.70. The Morgan fingerprint density at radius 2 is 1.81 bits per heavy atom. The fourth-order valence-corrected chi connectivity index (χ4v) is 4.53. The van der Waals surface area contributed by atoms with E-state index in [0.29, 0.717) is 52.2 Å². The summed E-state index contributed by atoms with van der Waals surface area (Å²) in [7, 11) is 4.59. The number of anilines is 1. The number of piperidine rings is 1. The molecule has 0 radical (unpaired) electrons. The van der Waals surface area contributed by atoms with E-state index in [2.05, 4.69) is 15.5 Å². The van der Waals surface area contributed by atoms with Gasteiger partial charge in [0.05, 0.1) is 43.6 Å². The Kier molecular flexibility index (Phi) is 9.49. The third kappa shape index (κ3) is 6.86. The van der Waals surface area contributed by atoms with Crippen molar-refractivity contribution in [2.24, 2.45) is 5.92 Å². The highest BCUT2D eigenvalue weighted by atomic mass is 35.5. The average molecular weight is 521 g/mol. The first-order valence-electron chi connectivity index (χ1n) is 11.6. The number of amides is 2. The minimum absolute atomic E-state index is 0.271. The summed E-state index contributed by atoms with van der Waals surface area (Å²) in [5.41, 5.74) is 7.20. The summed E-state index contributed by atoms with van der Waals surface area (Å²) in [5.74, 6) is 1.60. The molecule has 0 aliphatic carbocycles. The lowest BCUT2D eigenvalue weighted by Crippen LogP contribution is -2.43. The third-order valence-electron chi connectivity index (χ3n) is 6.37. The van der Waals surface area contributed by atoms with Gasteiger partial charge in [-0.2, -0.15) is 0 Å². The van der Waals surface area contributed by atoms with E-state index in [-0.39, 0.29) is 11.8 Å². The van der Waals surface area contributed by atoms with Crippen molar-refractivity contribution < 1.29 is 28.9 Å². The van der Waals surface area contributed by atoms with Gasteiger partial charge in [0, 0.05) is 24.7 Å². The molecule has 1 unspecified atom stereocenters. The summed E-state index contributed by atoms with van der Waals surface area (Å²) in [6, 6.07) is 7.88. The van der Waals surface area contributed by atoms with Gasteiger partial charge in [-0.1, -0.05) is 11.6 Å². The molecule has 0 aromatic heterocycles. The number of carbonyl (C=O) groups is 2. The largest absolute Gasteiger partial charge is 0.497 e. The SMILES string of the molecule is COc1ccc(OC)c(C(CN2CCC(CNC(=O)c3cc(Cl)c(N)cc3OC)CC2)NC(=O)O)c1. The molecule has 0 spiro atoms. The zero-order valence-electron chi connectivity index (χ0n) is 20.7. The molecule has 36 heavy (non-hydrogen) atoms. The highest BCUT2D eigenvalue weighted by Gasteiger charge is 2.26. The minimum atomic E-state index is -1.11. The van der Waals surface area contributed by atoms with Crippen LogP contribution in [0, 0.1) is 5.92 Å². The van der Waals surface area contributed by atoms with E-state index in [9.17, 15) is 14.7 Å². The molecule has 1 aliphatic heterocycles. The molecule has 0 saturated carbocycles. The fourth-order valence-electron chi connectivity index (χ4n) is 4.36. The van der Waals surface area contributed by atoms with Crippen molar-refractivity contribution in [2.75, 3.05) is 53.2 Å². The Morgan fingerprint density at radius 1 is 1.11 bits per heavy atom. The summed E-state index contributed by atoms with van der Waals surface area (Å²) in [4.78, 5) is 26.5. The van der Waals surface area contributed by atoms with Crippen LogP contribution in [0.3, 0.4) is 0 Å². The Balaban J connectivity index is 1.59. The molecule has 2 aromatic rings. The quantitative estimate of drug-likeness (QED) is 0.350. The monoisotopic (exact) mass is 520 g/mol. The molecule has 196 valence electrons. The lowest BCUT2D eigenvalue weighted by molar-refractivity contribution is 0.0931. The second kappa shape index (κ2) is 12.5. The zero-order valence-corrected chi connectivity index (χ0v) is 21.4. The average Bonchev–Trinajstić information content (AvgIpc) is 2.88. The standard InChI is InChI=1S/C25H33ClN4O6/c1-34-16-4-5-22(35-2)17(10-16)21(29-25(32)33)14-30-8-6-15(7-9-30)13-28-24(31)18-11-19(26)20(27)12-23(18)36-3/h4-5,10-12,15,21,29H,6-9,13-14,27H2,1-3H3,(H,28,31)(H,32,33). The van der Waals surface area contributed by atoms with Gasteiger partial charge in [0.1, 0.15) is 17.2 Å². The van der Waals surface area contributed by atoms with Gasteiger partial charge in [0.15, 0.2) is 0 Å². The second-order valence-corrected chi connectivity index (χ2v) is 9.05. The Hall–Kier alpha value is -3.37. The topological polar surface area (TPSA) is 135 Å². The normalized spacial score (nSPS) is 15.1. The zero-order chi connectivity index (χ0) is 26.2. The van der Waals surface area contributed by atoms with Gasteiger partial charge in [-0.05, 0) is 56.1 Å². The van der Waals surface area contributed by atoms with Crippen LogP contribution in [-0.4, -0.2) is 69.5 Å². The predicted octanol–water partition coefficient (Wildman–Crippen LogP) is 3.40. The number of carboxylic acid groups (broad SMARTS) is 1. The van der Waals surface area contributed by atoms with Crippen LogP contribution in [-0.2, 0) is 0 Å². The molecule has 5 N–H and O–H groups in total. The van der Waals surface area contributed by atoms with Crippen molar-refractivity contribution in [3.05, 3.63) is 46.5 Å². The Bertz CT molecular complexity index is 1070. The maximum atomic E-state index is 12.7. The van der Waals surface area contributed by atoms with Crippen LogP contribution in [0.4, 0.5) is 10.5 Å². The number of rotatable bonds is 10. The molecule has 1 fully saturated rings. The van der Waals surface area contributed by atoms with Crippen molar-refractivity contribution in [1.29, 1.82) is 0 Å². The molecule has 1 aliphatic rings. The number of benzene rings is 2. The summed E-state index contributed by atoms with van der Waals surface area (Å²) in [6.07, 6.45) is 0.602. The van der Waals surface area contributed by atoms with Crippen LogP contribution < -0.4 is 30.6 Å². The smallest absolute Gasteiger partial charge is 0.405 e. The molecular weight excluding hydrogens is 488 g/mol. The molecule has 2 aromatic carbocycles. The lowest BCUT2D eigenvalue weighted by atomic mass is 9.95. The predicted molar refractivity (Wildman–Crippen MR) is 137 cm³/mol. The van der Waals surface area contributed by atoms with E-state index < -0.39 is 12.1 Å². The number of carbonyl (C=O) groups excluding carboxylic acids is 1. The molecule has 1 saturated heterocycles. The Morgan fingerprint density at radius 3 is 2.42 bits per heavy atom. The molecule has 1 heterocycles.